The highest BCUT2D eigenvalue weighted by atomic mass is 32.2. The van der Waals surface area contributed by atoms with Crippen molar-refractivity contribution in [3.05, 3.63) is 17.9 Å². The van der Waals surface area contributed by atoms with Crippen LogP contribution in [-0.4, -0.2) is 34.4 Å². The lowest BCUT2D eigenvalue weighted by atomic mass is 10.2. The van der Waals surface area contributed by atoms with E-state index in [-0.39, 0.29) is 11.4 Å². The SMILES string of the molecule is CCOc1cc(NCCCNS(C)(=O)=O)c(N)cc1F. The molecule has 0 radical (unpaired) electrons. The quantitative estimate of drug-likeness (QED) is 0.495. The summed E-state index contributed by atoms with van der Waals surface area (Å²) in [6.45, 7) is 2.95. The topological polar surface area (TPSA) is 93.5 Å². The number of sulfonamides is 1. The van der Waals surface area contributed by atoms with Gasteiger partial charge in [-0.1, -0.05) is 0 Å². The standard InChI is InChI=1S/C12H20FN3O3S/c1-3-19-12-8-11(10(14)7-9(12)13)15-5-4-6-16-20(2,17)18/h7-8,15-16H,3-6,14H2,1-2H3. The number of hydrogen-bond acceptors (Lipinski definition) is 5. The fourth-order valence-electron chi connectivity index (χ4n) is 1.56. The molecule has 20 heavy (non-hydrogen) atoms. The molecule has 1 aromatic carbocycles. The normalized spacial score (nSPS) is 11.3. The van der Waals surface area contributed by atoms with Gasteiger partial charge >= 0.3 is 0 Å². The minimum Gasteiger partial charge on any atom is -0.491 e. The van der Waals surface area contributed by atoms with E-state index < -0.39 is 15.8 Å². The number of nitrogen functional groups attached to an aromatic ring is 1. The fourth-order valence-corrected chi connectivity index (χ4v) is 2.07. The second-order valence-electron chi connectivity index (χ2n) is 4.25. The highest BCUT2D eigenvalue weighted by Crippen LogP contribution is 2.28. The van der Waals surface area contributed by atoms with Crippen molar-refractivity contribution in [1.29, 1.82) is 0 Å². The van der Waals surface area contributed by atoms with Gasteiger partial charge in [0.25, 0.3) is 0 Å². The first-order valence-electron chi connectivity index (χ1n) is 6.24. The van der Waals surface area contributed by atoms with Crippen molar-refractivity contribution in [3.63, 3.8) is 0 Å². The molecule has 0 aliphatic heterocycles. The van der Waals surface area contributed by atoms with Gasteiger partial charge in [0.05, 0.1) is 24.2 Å². The van der Waals surface area contributed by atoms with Crippen LogP contribution >= 0.6 is 0 Å². The van der Waals surface area contributed by atoms with E-state index in [1.807, 2.05) is 0 Å². The molecule has 1 rings (SSSR count). The van der Waals surface area contributed by atoms with Gasteiger partial charge in [-0.25, -0.2) is 17.5 Å². The largest absolute Gasteiger partial charge is 0.491 e. The molecule has 0 aliphatic rings. The van der Waals surface area contributed by atoms with Crippen LogP contribution in [-0.2, 0) is 10.0 Å². The number of nitrogens with two attached hydrogens (primary N) is 1. The van der Waals surface area contributed by atoms with Gasteiger partial charge in [0.15, 0.2) is 11.6 Å². The number of hydrogen-bond donors (Lipinski definition) is 3. The van der Waals surface area contributed by atoms with Crippen molar-refractivity contribution < 1.29 is 17.5 Å². The minimum atomic E-state index is -3.17. The summed E-state index contributed by atoms with van der Waals surface area (Å²) in [5.41, 5.74) is 6.54. The molecule has 4 N–H and O–H groups in total. The second-order valence-corrected chi connectivity index (χ2v) is 6.08. The molecule has 0 saturated heterocycles. The third-order valence-corrected chi connectivity index (χ3v) is 3.17. The first kappa shape index (κ1) is 16.5. The molecule has 0 saturated carbocycles. The Kier molecular flexibility index (Phi) is 6.03. The predicted molar refractivity (Wildman–Crippen MR) is 77.9 cm³/mol. The molecule has 0 fully saturated rings. The van der Waals surface area contributed by atoms with Gasteiger partial charge in [0, 0.05) is 25.2 Å². The first-order valence-corrected chi connectivity index (χ1v) is 8.13. The Morgan fingerprint density at radius 3 is 2.65 bits per heavy atom. The molecule has 0 atom stereocenters. The van der Waals surface area contributed by atoms with Crippen LogP contribution in [0.3, 0.4) is 0 Å². The van der Waals surface area contributed by atoms with Crippen LogP contribution in [0.2, 0.25) is 0 Å². The van der Waals surface area contributed by atoms with Gasteiger partial charge in [-0.3, -0.25) is 0 Å². The summed E-state index contributed by atoms with van der Waals surface area (Å²) in [6.07, 6.45) is 1.68. The van der Waals surface area contributed by atoms with Gasteiger partial charge < -0.3 is 15.8 Å². The number of ether oxygens (including phenoxy) is 1. The molecule has 0 aliphatic carbocycles. The average Bonchev–Trinajstić information content (AvgIpc) is 2.32. The fraction of sp³-hybridized carbons (Fsp3) is 0.500. The third-order valence-electron chi connectivity index (χ3n) is 2.44. The van der Waals surface area contributed by atoms with Gasteiger partial charge in [-0.05, 0) is 13.3 Å². The summed E-state index contributed by atoms with van der Waals surface area (Å²) in [4.78, 5) is 0. The highest BCUT2D eigenvalue weighted by molar-refractivity contribution is 7.88. The lowest BCUT2D eigenvalue weighted by Gasteiger charge is -2.12. The van der Waals surface area contributed by atoms with E-state index in [0.717, 1.165) is 6.26 Å². The first-order chi connectivity index (χ1) is 9.33. The molecular formula is C12H20FN3O3S. The molecule has 8 heteroatoms. The van der Waals surface area contributed by atoms with Crippen molar-refractivity contribution >= 4 is 21.4 Å². The summed E-state index contributed by atoms with van der Waals surface area (Å²) in [5, 5.41) is 3.02. The van der Waals surface area contributed by atoms with E-state index in [2.05, 4.69) is 10.0 Å². The van der Waals surface area contributed by atoms with E-state index >= 15 is 0 Å². The highest BCUT2D eigenvalue weighted by Gasteiger charge is 2.08. The Morgan fingerprint density at radius 2 is 2.05 bits per heavy atom. The van der Waals surface area contributed by atoms with Gasteiger partial charge in [0.1, 0.15) is 0 Å². The van der Waals surface area contributed by atoms with E-state index in [1.54, 1.807) is 6.92 Å². The second kappa shape index (κ2) is 7.30. The third kappa shape index (κ3) is 5.62. The number of halogens is 1. The van der Waals surface area contributed by atoms with Crippen LogP contribution < -0.4 is 20.5 Å². The van der Waals surface area contributed by atoms with Gasteiger partial charge in [-0.2, -0.15) is 0 Å². The average molecular weight is 305 g/mol. The Balaban J connectivity index is 2.53. The van der Waals surface area contributed by atoms with Crippen LogP contribution in [0.15, 0.2) is 12.1 Å². The minimum absolute atomic E-state index is 0.137. The molecule has 0 spiro atoms. The molecule has 0 heterocycles. The zero-order chi connectivity index (χ0) is 15.2. The predicted octanol–water partition coefficient (Wildman–Crippen LogP) is 1.16. The van der Waals surface area contributed by atoms with Gasteiger partial charge in [0.2, 0.25) is 10.0 Å². The summed E-state index contributed by atoms with van der Waals surface area (Å²) >= 11 is 0. The zero-order valence-electron chi connectivity index (χ0n) is 11.6. The molecule has 1 aromatic rings. The molecule has 114 valence electrons. The van der Waals surface area contributed by atoms with Crippen LogP contribution in [0.1, 0.15) is 13.3 Å². The molecule has 0 amide bonds. The Bertz CT molecular complexity index is 549. The summed E-state index contributed by atoms with van der Waals surface area (Å²) in [7, 11) is -3.17. The smallest absolute Gasteiger partial charge is 0.208 e. The number of nitrogens with one attached hydrogen (secondary N) is 2. The van der Waals surface area contributed by atoms with Crippen molar-refractivity contribution in [1.82, 2.24) is 4.72 Å². The Morgan fingerprint density at radius 1 is 1.35 bits per heavy atom. The summed E-state index contributed by atoms with van der Waals surface area (Å²) in [6, 6.07) is 2.69. The number of rotatable bonds is 8. The number of anilines is 2. The Hall–Kier alpha value is -1.54. The molecule has 0 bridgehead atoms. The number of benzene rings is 1. The molecule has 6 nitrogen and oxygen atoms in total. The van der Waals surface area contributed by atoms with Gasteiger partial charge in [-0.15, -0.1) is 0 Å². The lowest BCUT2D eigenvalue weighted by Crippen LogP contribution is -2.24. The van der Waals surface area contributed by atoms with Crippen LogP contribution in [0, 0.1) is 5.82 Å². The lowest BCUT2D eigenvalue weighted by molar-refractivity contribution is 0.322. The van der Waals surface area contributed by atoms with Crippen molar-refractivity contribution in [3.8, 4) is 5.75 Å². The molecule has 0 unspecified atom stereocenters. The maximum atomic E-state index is 13.5. The monoisotopic (exact) mass is 305 g/mol. The summed E-state index contributed by atoms with van der Waals surface area (Å²) in [5.74, 6) is -0.368. The summed E-state index contributed by atoms with van der Waals surface area (Å²) < 4.78 is 42.7. The van der Waals surface area contributed by atoms with Crippen molar-refractivity contribution in [2.45, 2.75) is 13.3 Å². The van der Waals surface area contributed by atoms with Crippen molar-refractivity contribution in [2.24, 2.45) is 0 Å². The molecular weight excluding hydrogens is 285 g/mol. The van der Waals surface area contributed by atoms with E-state index in [4.69, 9.17) is 10.5 Å². The van der Waals surface area contributed by atoms with Crippen LogP contribution in [0.25, 0.3) is 0 Å². The van der Waals surface area contributed by atoms with E-state index in [1.165, 1.54) is 12.1 Å². The zero-order valence-corrected chi connectivity index (χ0v) is 12.4. The Labute approximate surface area is 118 Å². The van der Waals surface area contributed by atoms with Crippen molar-refractivity contribution in [2.75, 3.05) is 37.0 Å². The van der Waals surface area contributed by atoms with E-state index in [0.29, 0.717) is 31.8 Å². The van der Waals surface area contributed by atoms with E-state index in [9.17, 15) is 12.8 Å². The molecule has 0 aromatic heterocycles. The maximum Gasteiger partial charge on any atom is 0.208 e. The maximum absolute atomic E-state index is 13.5. The van der Waals surface area contributed by atoms with Crippen LogP contribution in [0.5, 0.6) is 5.75 Å². The van der Waals surface area contributed by atoms with Crippen LogP contribution in [0.4, 0.5) is 15.8 Å².